The summed E-state index contributed by atoms with van der Waals surface area (Å²) in [6.07, 6.45) is 2.86. The molecule has 1 aromatic carbocycles. The van der Waals surface area contributed by atoms with Gasteiger partial charge >= 0.3 is 0 Å². The van der Waals surface area contributed by atoms with Crippen molar-refractivity contribution in [3.8, 4) is 0 Å². The van der Waals surface area contributed by atoms with Crippen LogP contribution in [0.2, 0.25) is 0 Å². The molecule has 1 unspecified atom stereocenters. The van der Waals surface area contributed by atoms with Crippen LogP contribution in [0.3, 0.4) is 0 Å². The normalized spacial score (nSPS) is 12.2. The van der Waals surface area contributed by atoms with Gasteiger partial charge in [-0.2, -0.15) is 0 Å². The van der Waals surface area contributed by atoms with Crippen LogP contribution in [-0.2, 0) is 6.42 Å². The molecule has 1 N–H and O–H groups in total. The number of carbonyl (C=O) groups is 1. The molecule has 0 bridgehead atoms. The molecule has 0 spiro atoms. The van der Waals surface area contributed by atoms with Crippen molar-refractivity contribution in [2.45, 2.75) is 33.2 Å². The maximum Gasteiger partial charge on any atom is 0.252 e. The molecule has 1 heterocycles. The number of halogens is 1. The fraction of sp³-hybridized carbons (Fsp3) is 0.333. The van der Waals surface area contributed by atoms with Crippen molar-refractivity contribution >= 4 is 33.2 Å². The molecule has 0 fully saturated rings. The highest BCUT2D eigenvalue weighted by atomic mass is 79.9. The van der Waals surface area contributed by atoms with E-state index in [1.165, 1.54) is 4.88 Å². The maximum absolute atomic E-state index is 12.3. The first kappa shape index (κ1) is 15.2. The zero-order valence-corrected chi connectivity index (χ0v) is 14.1. The number of nitrogens with one attached hydrogen (secondary N) is 1. The molecule has 3 nitrogen and oxygen atoms in total. The van der Waals surface area contributed by atoms with Gasteiger partial charge in [0.05, 0.1) is 6.04 Å². The molecule has 0 radical (unpaired) electrons. The molecule has 0 aliphatic heterocycles. The van der Waals surface area contributed by atoms with Crippen LogP contribution in [0.5, 0.6) is 0 Å². The summed E-state index contributed by atoms with van der Waals surface area (Å²) in [5, 5.41) is 3.95. The van der Waals surface area contributed by atoms with Gasteiger partial charge in [0.25, 0.3) is 5.91 Å². The Hall–Kier alpha value is -1.20. The van der Waals surface area contributed by atoms with Crippen LogP contribution in [0.1, 0.15) is 45.7 Å². The van der Waals surface area contributed by atoms with Crippen LogP contribution < -0.4 is 5.32 Å². The summed E-state index contributed by atoms with van der Waals surface area (Å²) < 4.78 is 0.906. The molecule has 5 heteroatoms. The molecular weight excluding hydrogens is 336 g/mol. The molecule has 20 heavy (non-hydrogen) atoms. The number of amides is 1. The molecule has 106 valence electrons. The molecule has 0 aliphatic rings. The third-order valence-electron chi connectivity index (χ3n) is 3.08. The van der Waals surface area contributed by atoms with Crippen molar-refractivity contribution in [3.63, 3.8) is 0 Å². The van der Waals surface area contributed by atoms with Crippen molar-refractivity contribution in [1.29, 1.82) is 0 Å². The molecule has 0 saturated heterocycles. The van der Waals surface area contributed by atoms with E-state index in [9.17, 15) is 4.79 Å². The zero-order chi connectivity index (χ0) is 14.7. The Kier molecular flexibility index (Phi) is 4.94. The van der Waals surface area contributed by atoms with Crippen molar-refractivity contribution in [1.82, 2.24) is 10.3 Å². The molecule has 0 aliphatic carbocycles. The number of hydrogen-bond donors (Lipinski definition) is 1. The van der Waals surface area contributed by atoms with Gasteiger partial charge in [-0.25, -0.2) is 4.98 Å². The van der Waals surface area contributed by atoms with Crippen LogP contribution in [-0.4, -0.2) is 10.9 Å². The van der Waals surface area contributed by atoms with Gasteiger partial charge in [-0.1, -0.05) is 28.9 Å². The van der Waals surface area contributed by atoms with Gasteiger partial charge in [0.1, 0.15) is 5.01 Å². The summed E-state index contributed by atoms with van der Waals surface area (Å²) in [6, 6.07) is 5.63. The van der Waals surface area contributed by atoms with Gasteiger partial charge in [0.15, 0.2) is 0 Å². The van der Waals surface area contributed by atoms with E-state index in [1.54, 1.807) is 11.3 Å². The summed E-state index contributed by atoms with van der Waals surface area (Å²) in [7, 11) is 0. The smallest absolute Gasteiger partial charge is 0.252 e. The Morgan fingerprint density at radius 3 is 2.90 bits per heavy atom. The van der Waals surface area contributed by atoms with E-state index >= 15 is 0 Å². The second kappa shape index (κ2) is 6.50. The van der Waals surface area contributed by atoms with Gasteiger partial charge in [-0.15, -0.1) is 11.3 Å². The lowest BCUT2D eigenvalue weighted by Crippen LogP contribution is -2.27. The van der Waals surface area contributed by atoms with Crippen LogP contribution >= 0.6 is 27.3 Å². The minimum atomic E-state index is -0.0776. The lowest BCUT2D eigenvalue weighted by molar-refractivity contribution is 0.0939. The SMILES string of the molecule is CCc1cnc(C(C)NC(=O)c2cc(Br)ccc2C)s1. The highest BCUT2D eigenvalue weighted by Gasteiger charge is 2.16. The zero-order valence-electron chi connectivity index (χ0n) is 11.7. The summed E-state index contributed by atoms with van der Waals surface area (Å²) in [5.41, 5.74) is 1.66. The summed E-state index contributed by atoms with van der Waals surface area (Å²) >= 11 is 5.05. The quantitative estimate of drug-likeness (QED) is 0.892. The monoisotopic (exact) mass is 352 g/mol. The van der Waals surface area contributed by atoms with E-state index in [1.807, 2.05) is 38.2 Å². The lowest BCUT2D eigenvalue weighted by Gasteiger charge is -2.13. The molecule has 1 aromatic heterocycles. The van der Waals surface area contributed by atoms with Gasteiger partial charge in [-0.3, -0.25) is 4.79 Å². The van der Waals surface area contributed by atoms with Gasteiger partial charge in [0.2, 0.25) is 0 Å². The predicted molar refractivity (Wildman–Crippen MR) is 86.3 cm³/mol. The van der Waals surface area contributed by atoms with Crippen molar-refractivity contribution in [2.24, 2.45) is 0 Å². The Bertz CT molecular complexity index is 624. The predicted octanol–water partition coefficient (Wildman–Crippen LogP) is 4.27. The number of aromatic nitrogens is 1. The van der Waals surface area contributed by atoms with E-state index in [0.29, 0.717) is 5.56 Å². The Morgan fingerprint density at radius 2 is 2.25 bits per heavy atom. The summed E-state index contributed by atoms with van der Waals surface area (Å²) in [6.45, 7) is 6.00. The molecule has 2 aromatic rings. The number of benzene rings is 1. The van der Waals surface area contributed by atoms with Crippen LogP contribution in [0.15, 0.2) is 28.9 Å². The second-order valence-electron chi connectivity index (χ2n) is 4.67. The number of hydrogen-bond acceptors (Lipinski definition) is 3. The number of aryl methyl sites for hydroxylation is 2. The summed E-state index contributed by atoms with van der Waals surface area (Å²) in [5.74, 6) is -0.0652. The van der Waals surface area contributed by atoms with E-state index in [2.05, 4.69) is 33.2 Å². The number of thiazole rings is 1. The number of nitrogens with zero attached hydrogens (tertiary/aromatic N) is 1. The van der Waals surface area contributed by atoms with Crippen molar-refractivity contribution in [3.05, 3.63) is 49.9 Å². The van der Waals surface area contributed by atoms with E-state index in [4.69, 9.17) is 0 Å². The fourth-order valence-electron chi connectivity index (χ4n) is 1.86. The largest absolute Gasteiger partial charge is 0.343 e. The van der Waals surface area contributed by atoms with Gasteiger partial charge in [0, 0.05) is 21.1 Å². The van der Waals surface area contributed by atoms with E-state index < -0.39 is 0 Å². The van der Waals surface area contributed by atoms with Gasteiger partial charge < -0.3 is 5.32 Å². The number of carbonyl (C=O) groups excluding carboxylic acids is 1. The minimum absolute atomic E-state index is 0.0652. The second-order valence-corrected chi connectivity index (χ2v) is 6.74. The van der Waals surface area contributed by atoms with E-state index in [0.717, 1.165) is 21.5 Å². The first-order valence-corrected chi connectivity index (χ1v) is 8.13. The maximum atomic E-state index is 12.3. The lowest BCUT2D eigenvalue weighted by atomic mass is 10.1. The van der Waals surface area contributed by atoms with Gasteiger partial charge in [-0.05, 0) is 38.0 Å². The van der Waals surface area contributed by atoms with Crippen molar-refractivity contribution in [2.75, 3.05) is 0 Å². The highest BCUT2D eigenvalue weighted by molar-refractivity contribution is 9.10. The summed E-state index contributed by atoms with van der Waals surface area (Å²) in [4.78, 5) is 17.9. The highest BCUT2D eigenvalue weighted by Crippen LogP contribution is 2.22. The molecular formula is C15H17BrN2OS. The van der Waals surface area contributed by atoms with E-state index in [-0.39, 0.29) is 11.9 Å². The van der Waals surface area contributed by atoms with Crippen LogP contribution in [0.25, 0.3) is 0 Å². The average Bonchev–Trinajstić information content (AvgIpc) is 2.90. The standard InChI is InChI=1S/C15H17BrN2OS/c1-4-12-8-17-15(20-12)10(3)18-14(19)13-7-11(16)6-5-9(13)2/h5-8,10H,4H2,1-3H3,(H,18,19). The first-order valence-electron chi connectivity index (χ1n) is 6.53. The Morgan fingerprint density at radius 1 is 1.50 bits per heavy atom. The van der Waals surface area contributed by atoms with Crippen LogP contribution in [0, 0.1) is 6.92 Å². The third-order valence-corrected chi connectivity index (χ3v) is 4.90. The van der Waals surface area contributed by atoms with Crippen molar-refractivity contribution < 1.29 is 4.79 Å². The molecule has 0 saturated carbocycles. The van der Waals surface area contributed by atoms with Crippen LogP contribution in [0.4, 0.5) is 0 Å². The molecule has 2 rings (SSSR count). The first-order chi connectivity index (χ1) is 9.51. The topological polar surface area (TPSA) is 42.0 Å². The average molecular weight is 353 g/mol. The minimum Gasteiger partial charge on any atom is -0.343 e. The Labute approximate surface area is 131 Å². The Balaban J connectivity index is 2.12. The fourth-order valence-corrected chi connectivity index (χ4v) is 3.08. The number of rotatable bonds is 4. The molecule has 1 atom stereocenters. The third kappa shape index (κ3) is 3.46. The molecule has 1 amide bonds.